The molecule has 0 radical (unpaired) electrons. The molecule has 4 fully saturated rings. The molecule has 4 heteroatoms. The third kappa shape index (κ3) is 2.54. The fourth-order valence-electron chi connectivity index (χ4n) is 5.57. The number of imidazole rings is 1. The van der Waals surface area contributed by atoms with Crippen molar-refractivity contribution < 1.29 is 0 Å². The number of aromatic amines is 1. The molecule has 0 amide bonds. The zero-order chi connectivity index (χ0) is 17.0. The number of piperidine rings is 3. The molecular formula is C21H28N4. The van der Waals surface area contributed by atoms with Crippen LogP contribution in [0, 0.1) is 19.8 Å². The lowest BCUT2D eigenvalue weighted by atomic mass is 9.75. The second-order valence-corrected chi connectivity index (χ2v) is 8.28. The molecule has 4 aliphatic heterocycles. The van der Waals surface area contributed by atoms with Gasteiger partial charge in [0.05, 0.1) is 12.0 Å². The van der Waals surface area contributed by atoms with Crippen LogP contribution < -0.4 is 0 Å². The number of aromatic nitrogens is 2. The first-order valence-corrected chi connectivity index (χ1v) is 9.74. The highest BCUT2D eigenvalue weighted by Crippen LogP contribution is 2.46. The Morgan fingerprint density at radius 1 is 1.08 bits per heavy atom. The van der Waals surface area contributed by atoms with E-state index < -0.39 is 0 Å². The number of hydrogen-bond acceptors (Lipinski definition) is 3. The van der Waals surface area contributed by atoms with E-state index in [1.54, 1.807) is 0 Å². The maximum absolute atomic E-state index is 4.58. The summed E-state index contributed by atoms with van der Waals surface area (Å²) in [6, 6.07) is 10.7. The number of aryl methyl sites for hydroxylation is 2. The Bertz CT molecular complexity index is 742. The van der Waals surface area contributed by atoms with Crippen LogP contribution in [0.25, 0.3) is 0 Å². The number of likely N-dealkylation sites (tertiary alicyclic amines) is 1. The Balaban J connectivity index is 1.48. The van der Waals surface area contributed by atoms with Crippen molar-refractivity contribution in [3.05, 3.63) is 53.1 Å². The Labute approximate surface area is 150 Å². The van der Waals surface area contributed by atoms with Gasteiger partial charge >= 0.3 is 0 Å². The lowest BCUT2D eigenvalue weighted by Crippen LogP contribution is -2.60. The number of hydrogen-bond donors (Lipinski definition) is 1. The third-order valence-corrected chi connectivity index (χ3v) is 6.89. The molecule has 0 unspecified atom stereocenters. The summed E-state index contributed by atoms with van der Waals surface area (Å²) in [6.45, 7) is 9.07. The van der Waals surface area contributed by atoms with Gasteiger partial charge in [-0.2, -0.15) is 0 Å². The van der Waals surface area contributed by atoms with Crippen LogP contribution in [0.1, 0.15) is 41.3 Å². The maximum atomic E-state index is 4.58. The Morgan fingerprint density at radius 3 is 2.52 bits per heavy atom. The number of fused-ring (bicyclic) bond motifs is 2. The molecule has 2 bridgehead atoms. The molecule has 0 spiro atoms. The van der Waals surface area contributed by atoms with Crippen molar-refractivity contribution in [1.29, 1.82) is 0 Å². The van der Waals surface area contributed by atoms with Crippen molar-refractivity contribution in [3.63, 3.8) is 0 Å². The van der Waals surface area contributed by atoms with Crippen LogP contribution in [0.2, 0.25) is 0 Å². The van der Waals surface area contributed by atoms with E-state index in [-0.39, 0.29) is 0 Å². The van der Waals surface area contributed by atoms with Crippen LogP contribution in [0.3, 0.4) is 0 Å². The van der Waals surface area contributed by atoms with Crippen LogP contribution in [0.4, 0.5) is 0 Å². The molecule has 1 aromatic heterocycles. The number of nitrogens with zero attached hydrogens (tertiary/aromatic N) is 3. The average Bonchev–Trinajstić information content (AvgIpc) is 3.23. The second-order valence-electron chi connectivity index (χ2n) is 8.28. The van der Waals surface area contributed by atoms with Crippen LogP contribution in [0.5, 0.6) is 0 Å². The molecule has 6 rings (SSSR count). The predicted molar refractivity (Wildman–Crippen MR) is 99.5 cm³/mol. The van der Waals surface area contributed by atoms with Crippen LogP contribution in [0.15, 0.2) is 30.6 Å². The number of benzene rings is 1. The summed E-state index contributed by atoms with van der Waals surface area (Å²) in [5.74, 6) is 1.50. The van der Waals surface area contributed by atoms with Crippen LogP contribution in [-0.4, -0.2) is 51.5 Å². The van der Waals surface area contributed by atoms with Gasteiger partial charge in [0.25, 0.3) is 0 Å². The molecule has 2 aromatic rings. The Morgan fingerprint density at radius 2 is 1.84 bits per heavy atom. The van der Waals surface area contributed by atoms with Crippen molar-refractivity contribution in [2.24, 2.45) is 5.92 Å². The van der Waals surface area contributed by atoms with Crippen molar-refractivity contribution in [3.8, 4) is 0 Å². The summed E-state index contributed by atoms with van der Waals surface area (Å²) in [4.78, 5) is 13.4. The fraction of sp³-hybridized carbons (Fsp3) is 0.571. The highest BCUT2D eigenvalue weighted by atomic mass is 15.3. The van der Waals surface area contributed by atoms with Gasteiger partial charge in [-0.05, 0) is 51.3 Å². The zero-order valence-electron chi connectivity index (χ0n) is 15.3. The molecule has 5 heterocycles. The molecule has 25 heavy (non-hydrogen) atoms. The van der Waals surface area contributed by atoms with Crippen LogP contribution in [-0.2, 0) is 6.54 Å². The van der Waals surface area contributed by atoms with Crippen molar-refractivity contribution >= 4 is 0 Å². The SMILES string of the molecule is Cc1ccc([C@H]2CN(Cc3nc[nH]c3C)[C@@H]3C4CCN(CC4)[C@H]23)cc1. The van der Waals surface area contributed by atoms with Gasteiger partial charge < -0.3 is 4.98 Å². The van der Waals surface area contributed by atoms with Crippen molar-refractivity contribution in [1.82, 2.24) is 19.8 Å². The minimum absolute atomic E-state index is 0.632. The molecule has 1 aromatic carbocycles. The summed E-state index contributed by atoms with van der Waals surface area (Å²) < 4.78 is 0. The number of rotatable bonds is 3. The van der Waals surface area contributed by atoms with E-state index in [0.29, 0.717) is 18.0 Å². The number of nitrogens with one attached hydrogen (secondary N) is 1. The largest absolute Gasteiger partial charge is 0.348 e. The summed E-state index contributed by atoms with van der Waals surface area (Å²) in [5.41, 5.74) is 5.32. The van der Waals surface area contributed by atoms with E-state index in [2.05, 4.69) is 57.9 Å². The summed E-state index contributed by atoms with van der Waals surface area (Å²) in [6.07, 6.45) is 4.59. The Kier molecular flexibility index (Phi) is 3.72. The lowest BCUT2D eigenvalue weighted by Gasteiger charge is -2.51. The van der Waals surface area contributed by atoms with E-state index in [4.69, 9.17) is 0 Å². The monoisotopic (exact) mass is 336 g/mol. The highest BCUT2D eigenvalue weighted by Gasteiger charge is 2.53. The molecular weight excluding hydrogens is 308 g/mol. The standard InChI is InChI=1S/C21H28N4/c1-14-3-5-16(6-4-14)18-11-25(12-19-15(2)22-13-23-19)20-17-7-9-24(10-8-17)21(18)20/h3-6,13,17-18,20-21H,7-12H2,1-2H3,(H,22,23)/t18-,20-,21-/m1/s1. The first-order valence-electron chi connectivity index (χ1n) is 9.74. The smallest absolute Gasteiger partial charge is 0.0925 e. The fourth-order valence-corrected chi connectivity index (χ4v) is 5.57. The van der Waals surface area contributed by atoms with Gasteiger partial charge in [0.15, 0.2) is 0 Å². The molecule has 4 aliphatic rings. The molecule has 1 N–H and O–H groups in total. The van der Waals surface area contributed by atoms with Gasteiger partial charge in [-0.25, -0.2) is 4.98 Å². The van der Waals surface area contributed by atoms with E-state index in [9.17, 15) is 0 Å². The highest BCUT2D eigenvalue weighted by molar-refractivity contribution is 5.30. The maximum Gasteiger partial charge on any atom is 0.0925 e. The molecule has 4 saturated heterocycles. The van der Waals surface area contributed by atoms with Gasteiger partial charge in [0.2, 0.25) is 0 Å². The van der Waals surface area contributed by atoms with Gasteiger partial charge in [0, 0.05) is 36.8 Å². The summed E-state index contributed by atoms with van der Waals surface area (Å²) >= 11 is 0. The summed E-state index contributed by atoms with van der Waals surface area (Å²) in [5, 5.41) is 0. The lowest BCUT2D eigenvalue weighted by molar-refractivity contribution is -0.00899. The minimum atomic E-state index is 0.632. The van der Waals surface area contributed by atoms with E-state index in [0.717, 1.165) is 19.0 Å². The van der Waals surface area contributed by atoms with E-state index in [1.165, 1.54) is 48.4 Å². The first-order chi connectivity index (χ1) is 12.2. The van der Waals surface area contributed by atoms with E-state index >= 15 is 0 Å². The molecule has 0 aliphatic carbocycles. The van der Waals surface area contributed by atoms with Gasteiger partial charge in [0.1, 0.15) is 0 Å². The summed E-state index contributed by atoms with van der Waals surface area (Å²) in [7, 11) is 0. The number of H-pyrrole nitrogens is 1. The molecule has 3 atom stereocenters. The molecule has 4 nitrogen and oxygen atoms in total. The van der Waals surface area contributed by atoms with Crippen molar-refractivity contribution in [2.45, 2.75) is 51.2 Å². The topological polar surface area (TPSA) is 35.2 Å². The quantitative estimate of drug-likeness (QED) is 0.935. The predicted octanol–water partition coefficient (Wildman–Crippen LogP) is 3.09. The van der Waals surface area contributed by atoms with Crippen LogP contribution >= 0.6 is 0 Å². The second kappa shape index (κ2) is 5.96. The van der Waals surface area contributed by atoms with Gasteiger partial charge in [-0.1, -0.05) is 29.8 Å². The van der Waals surface area contributed by atoms with Gasteiger partial charge in [-0.15, -0.1) is 0 Å². The molecule has 132 valence electrons. The van der Waals surface area contributed by atoms with Crippen molar-refractivity contribution in [2.75, 3.05) is 19.6 Å². The first kappa shape index (κ1) is 15.6. The van der Waals surface area contributed by atoms with E-state index in [1.807, 2.05) is 6.33 Å². The van der Waals surface area contributed by atoms with Gasteiger partial charge in [-0.3, -0.25) is 9.80 Å². The third-order valence-electron chi connectivity index (χ3n) is 6.89. The Hall–Kier alpha value is -1.65. The normalized spacial score (nSPS) is 34.4. The minimum Gasteiger partial charge on any atom is -0.348 e. The zero-order valence-corrected chi connectivity index (χ0v) is 15.3. The average molecular weight is 336 g/mol. The molecule has 0 saturated carbocycles.